The van der Waals surface area contributed by atoms with Gasteiger partial charge in [-0.25, -0.2) is 14.8 Å². The van der Waals surface area contributed by atoms with E-state index < -0.39 is 5.60 Å². The summed E-state index contributed by atoms with van der Waals surface area (Å²) in [4.78, 5) is 35.9. The molecule has 2 N–H and O–H groups in total. The van der Waals surface area contributed by atoms with Crippen molar-refractivity contribution in [2.45, 2.75) is 38.8 Å². The number of fused-ring (bicyclic) bond motifs is 1. The maximum atomic E-state index is 12.5. The number of hydrogen-bond acceptors (Lipinski definition) is 6. The van der Waals surface area contributed by atoms with Crippen LogP contribution in [-0.4, -0.2) is 63.0 Å². The summed E-state index contributed by atoms with van der Waals surface area (Å²) in [7, 11) is 0. The summed E-state index contributed by atoms with van der Waals surface area (Å²) in [5, 5.41) is 0. The van der Waals surface area contributed by atoms with E-state index in [1.54, 1.807) is 9.80 Å². The fraction of sp³-hybridized carbons (Fsp3) is 0.600. The number of carbonyl (C=O) groups excluding carboxylic acids is 2. The number of anilines is 1. The first kappa shape index (κ1) is 15.5. The van der Waals surface area contributed by atoms with E-state index >= 15 is 0 Å². The van der Waals surface area contributed by atoms with Crippen LogP contribution in [-0.2, 0) is 11.2 Å². The van der Waals surface area contributed by atoms with Crippen LogP contribution in [0.15, 0.2) is 6.20 Å². The third-order valence-corrected chi connectivity index (χ3v) is 3.92. The topological polar surface area (TPSA) is 102 Å². The number of amides is 2. The van der Waals surface area contributed by atoms with Gasteiger partial charge in [0, 0.05) is 32.3 Å². The second-order valence-electron chi connectivity index (χ2n) is 6.88. The highest BCUT2D eigenvalue weighted by Crippen LogP contribution is 2.24. The van der Waals surface area contributed by atoms with Crippen molar-refractivity contribution in [1.82, 2.24) is 19.8 Å². The Balaban J connectivity index is 1.62. The molecule has 2 aliphatic rings. The van der Waals surface area contributed by atoms with Crippen molar-refractivity contribution in [3.8, 4) is 0 Å². The third-order valence-electron chi connectivity index (χ3n) is 3.92. The molecule has 0 aliphatic carbocycles. The van der Waals surface area contributed by atoms with E-state index in [1.807, 2.05) is 20.8 Å². The van der Waals surface area contributed by atoms with Crippen LogP contribution in [0.5, 0.6) is 0 Å². The van der Waals surface area contributed by atoms with Crippen LogP contribution in [0, 0.1) is 0 Å². The molecule has 124 valence electrons. The molecule has 0 saturated carbocycles. The van der Waals surface area contributed by atoms with E-state index in [1.165, 1.54) is 6.20 Å². The lowest BCUT2D eigenvalue weighted by Crippen LogP contribution is -2.63. The van der Waals surface area contributed by atoms with Crippen LogP contribution in [0.25, 0.3) is 0 Å². The average Bonchev–Trinajstić information content (AvgIpc) is 2.37. The smallest absolute Gasteiger partial charge is 0.410 e. The summed E-state index contributed by atoms with van der Waals surface area (Å²) in [6, 6.07) is 0.0146. The molecule has 8 heteroatoms. The zero-order valence-electron chi connectivity index (χ0n) is 13.6. The Hall–Kier alpha value is -2.38. The van der Waals surface area contributed by atoms with Gasteiger partial charge in [-0.05, 0) is 20.8 Å². The second-order valence-corrected chi connectivity index (χ2v) is 6.88. The minimum Gasteiger partial charge on any atom is -0.444 e. The van der Waals surface area contributed by atoms with Crippen molar-refractivity contribution in [2.75, 3.05) is 25.4 Å². The minimum absolute atomic E-state index is 0.0146. The van der Waals surface area contributed by atoms with Crippen molar-refractivity contribution in [3.05, 3.63) is 17.5 Å². The first-order chi connectivity index (χ1) is 10.7. The Bertz CT molecular complexity index is 649. The predicted molar refractivity (Wildman–Crippen MR) is 82.8 cm³/mol. The number of nitrogens with two attached hydrogens (primary N) is 1. The molecule has 0 radical (unpaired) electrons. The zero-order valence-corrected chi connectivity index (χ0v) is 13.6. The largest absolute Gasteiger partial charge is 0.444 e. The molecule has 2 amide bonds. The predicted octanol–water partition coefficient (Wildman–Crippen LogP) is 0.676. The maximum absolute atomic E-state index is 12.5. The van der Waals surface area contributed by atoms with Gasteiger partial charge < -0.3 is 20.3 Å². The fourth-order valence-corrected chi connectivity index (χ4v) is 2.76. The highest BCUT2D eigenvalue weighted by molar-refractivity contribution is 5.96. The van der Waals surface area contributed by atoms with Crippen molar-refractivity contribution in [1.29, 1.82) is 0 Å². The summed E-state index contributed by atoms with van der Waals surface area (Å²) in [5.74, 6) is 0.0878. The number of aromatic nitrogens is 2. The molecule has 1 aromatic rings. The lowest BCUT2D eigenvalue weighted by atomic mass is 10.0. The minimum atomic E-state index is -0.515. The lowest BCUT2D eigenvalue weighted by Gasteiger charge is -2.46. The molecule has 3 rings (SSSR count). The van der Waals surface area contributed by atoms with E-state index in [0.29, 0.717) is 37.3 Å². The van der Waals surface area contributed by atoms with Crippen molar-refractivity contribution < 1.29 is 14.3 Å². The van der Waals surface area contributed by atoms with Gasteiger partial charge >= 0.3 is 6.09 Å². The molecule has 0 aromatic carbocycles. The number of nitrogens with zero attached hydrogens (tertiary/aromatic N) is 4. The quantitative estimate of drug-likeness (QED) is 0.816. The zero-order chi connectivity index (χ0) is 16.8. The van der Waals surface area contributed by atoms with E-state index in [4.69, 9.17) is 10.5 Å². The molecule has 1 aromatic heterocycles. The van der Waals surface area contributed by atoms with Gasteiger partial charge in [0.15, 0.2) is 0 Å². The monoisotopic (exact) mass is 319 g/mol. The number of ether oxygens (including phenoxy) is 1. The van der Waals surface area contributed by atoms with Gasteiger partial charge in [-0.1, -0.05) is 0 Å². The average molecular weight is 319 g/mol. The summed E-state index contributed by atoms with van der Waals surface area (Å²) in [6.07, 6.45) is 1.79. The normalized spacial score (nSPS) is 18.5. The molecule has 0 unspecified atom stereocenters. The molecule has 8 nitrogen and oxygen atoms in total. The maximum Gasteiger partial charge on any atom is 0.410 e. The van der Waals surface area contributed by atoms with E-state index in [9.17, 15) is 9.59 Å². The summed E-state index contributed by atoms with van der Waals surface area (Å²) < 4.78 is 5.32. The molecule has 1 fully saturated rings. The van der Waals surface area contributed by atoms with Crippen LogP contribution in [0.4, 0.5) is 10.7 Å². The molecule has 0 bridgehead atoms. The molecule has 3 heterocycles. The summed E-state index contributed by atoms with van der Waals surface area (Å²) in [5.41, 5.74) is 6.24. The Morgan fingerprint density at radius 1 is 1.39 bits per heavy atom. The highest BCUT2D eigenvalue weighted by Gasteiger charge is 2.41. The fourth-order valence-electron chi connectivity index (χ4n) is 2.76. The third kappa shape index (κ3) is 3.06. The molecule has 2 aliphatic heterocycles. The standard InChI is InChI=1S/C15H21N5O3/c1-15(2,3)23-14(22)19-7-9(8-19)20-5-4-11-10(12(20)21)6-17-13(16)18-11/h6,9H,4-5,7-8H2,1-3H3,(H2,16,17,18). The van der Waals surface area contributed by atoms with Gasteiger partial charge in [-0.3, -0.25) is 4.79 Å². The number of hydrogen-bond donors (Lipinski definition) is 1. The van der Waals surface area contributed by atoms with Gasteiger partial charge in [0.25, 0.3) is 5.91 Å². The molecule has 23 heavy (non-hydrogen) atoms. The number of nitrogen functional groups attached to an aromatic ring is 1. The molecule has 1 saturated heterocycles. The Labute approximate surface area is 134 Å². The van der Waals surface area contributed by atoms with Crippen LogP contribution >= 0.6 is 0 Å². The molecular weight excluding hydrogens is 298 g/mol. The van der Waals surface area contributed by atoms with Crippen LogP contribution in [0.2, 0.25) is 0 Å². The van der Waals surface area contributed by atoms with Gasteiger partial charge in [-0.2, -0.15) is 0 Å². The Kier molecular flexibility index (Phi) is 3.62. The van der Waals surface area contributed by atoms with E-state index in [-0.39, 0.29) is 24.0 Å². The first-order valence-electron chi connectivity index (χ1n) is 7.65. The Morgan fingerprint density at radius 3 is 2.74 bits per heavy atom. The van der Waals surface area contributed by atoms with Crippen molar-refractivity contribution in [2.24, 2.45) is 0 Å². The molecule has 0 spiro atoms. The molecule has 0 atom stereocenters. The SMILES string of the molecule is CC(C)(C)OC(=O)N1CC(N2CCc3nc(N)ncc3C2=O)C1. The highest BCUT2D eigenvalue weighted by atomic mass is 16.6. The summed E-state index contributed by atoms with van der Waals surface area (Å²) >= 11 is 0. The Morgan fingerprint density at radius 2 is 2.09 bits per heavy atom. The number of rotatable bonds is 1. The number of carbonyl (C=O) groups is 2. The van der Waals surface area contributed by atoms with Gasteiger partial charge in [0.05, 0.1) is 17.3 Å². The second kappa shape index (κ2) is 5.36. The van der Waals surface area contributed by atoms with Crippen molar-refractivity contribution >= 4 is 17.9 Å². The first-order valence-corrected chi connectivity index (χ1v) is 7.65. The van der Waals surface area contributed by atoms with Crippen LogP contribution in [0.1, 0.15) is 36.8 Å². The van der Waals surface area contributed by atoms with Crippen molar-refractivity contribution in [3.63, 3.8) is 0 Å². The van der Waals surface area contributed by atoms with E-state index in [0.717, 1.165) is 0 Å². The van der Waals surface area contributed by atoms with Crippen LogP contribution < -0.4 is 5.73 Å². The summed E-state index contributed by atoms with van der Waals surface area (Å²) in [6.45, 7) is 7.06. The molecular formula is C15H21N5O3. The van der Waals surface area contributed by atoms with Gasteiger partial charge in [-0.15, -0.1) is 0 Å². The van der Waals surface area contributed by atoms with Crippen LogP contribution in [0.3, 0.4) is 0 Å². The number of likely N-dealkylation sites (tertiary alicyclic amines) is 1. The van der Waals surface area contributed by atoms with E-state index in [2.05, 4.69) is 9.97 Å². The lowest BCUT2D eigenvalue weighted by molar-refractivity contribution is -0.0134. The van der Waals surface area contributed by atoms with Gasteiger partial charge in [0.2, 0.25) is 5.95 Å². The van der Waals surface area contributed by atoms with Gasteiger partial charge in [0.1, 0.15) is 5.60 Å².